The van der Waals surface area contributed by atoms with Crippen molar-refractivity contribution in [3.8, 4) is 0 Å². The highest BCUT2D eigenvalue weighted by Crippen LogP contribution is 2.59. The second-order valence-corrected chi connectivity index (χ2v) is 5.94. The Morgan fingerprint density at radius 3 is 1.75 bits per heavy atom. The van der Waals surface area contributed by atoms with E-state index in [9.17, 15) is 9.59 Å². The molecule has 0 saturated heterocycles. The second-order valence-electron chi connectivity index (χ2n) is 4.99. The van der Waals surface area contributed by atoms with Crippen LogP contribution in [0.25, 0.3) is 0 Å². The second kappa shape index (κ2) is 3.58. The first-order valence-electron chi connectivity index (χ1n) is 5.71. The highest BCUT2D eigenvalue weighted by atomic mass is 35.5. The fraction of sp³-hybridized carbons (Fsp3) is 0.667. The molecule has 0 N–H and O–H groups in total. The summed E-state index contributed by atoms with van der Waals surface area (Å²) in [7, 11) is 0. The molecule has 0 unspecified atom stereocenters. The van der Waals surface area contributed by atoms with Crippen LogP contribution >= 0.6 is 23.2 Å². The summed E-state index contributed by atoms with van der Waals surface area (Å²) >= 11 is 11.8. The van der Waals surface area contributed by atoms with Gasteiger partial charge in [-0.05, 0) is 30.3 Å². The van der Waals surface area contributed by atoms with Crippen molar-refractivity contribution in [2.75, 3.05) is 0 Å². The summed E-state index contributed by atoms with van der Waals surface area (Å²) in [6.45, 7) is 0. The third-order valence-corrected chi connectivity index (χ3v) is 4.86. The van der Waals surface area contributed by atoms with E-state index in [1.807, 2.05) is 0 Å². The van der Waals surface area contributed by atoms with Crippen molar-refractivity contribution < 1.29 is 9.59 Å². The average Bonchev–Trinajstić information content (AvgIpc) is 2.79. The summed E-state index contributed by atoms with van der Waals surface area (Å²) in [4.78, 5) is 23.8. The fourth-order valence-corrected chi connectivity index (χ4v) is 4.46. The minimum Gasteiger partial charge on any atom is -0.299 e. The summed E-state index contributed by atoms with van der Waals surface area (Å²) in [5.41, 5.74) is 0.988. The van der Waals surface area contributed by atoms with E-state index in [-0.39, 0.29) is 35.2 Å². The summed E-state index contributed by atoms with van der Waals surface area (Å²) in [5.74, 6) is 0.561. The van der Waals surface area contributed by atoms with Crippen molar-refractivity contribution in [1.29, 1.82) is 0 Å². The molecule has 0 aromatic heterocycles. The third kappa shape index (κ3) is 1.26. The van der Waals surface area contributed by atoms with E-state index in [1.54, 1.807) is 0 Å². The van der Waals surface area contributed by atoms with Crippen LogP contribution in [-0.4, -0.2) is 11.6 Å². The van der Waals surface area contributed by atoms with Crippen LogP contribution in [0.1, 0.15) is 25.7 Å². The molecule has 4 atom stereocenters. The van der Waals surface area contributed by atoms with Gasteiger partial charge in [0.25, 0.3) is 0 Å². The van der Waals surface area contributed by atoms with Crippen LogP contribution in [0, 0.1) is 23.7 Å². The molecule has 3 fully saturated rings. The lowest BCUT2D eigenvalue weighted by Gasteiger charge is -2.31. The van der Waals surface area contributed by atoms with Gasteiger partial charge in [0.2, 0.25) is 0 Å². The van der Waals surface area contributed by atoms with Gasteiger partial charge in [-0.25, -0.2) is 0 Å². The van der Waals surface area contributed by atoms with E-state index in [2.05, 4.69) is 0 Å². The Bertz CT molecular complexity index is 377. The van der Waals surface area contributed by atoms with Crippen LogP contribution in [0.15, 0.2) is 10.1 Å². The minimum atomic E-state index is -0.109. The Morgan fingerprint density at radius 1 is 0.938 bits per heavy atom. The number of rotatable bonds is 0. The number of Topliss-reactive ketones (excluding diaryl/α,β-unsaturated/α-hetero) is 2. The van der Waals surface area contributed by atoms with Gasteiger partial charge in [0, 0.05) is 24.7 Å². The number of carbonyl (C=O) groups is 2. The minimum absolute atomic E-state index is 0.109. The lowest BCUT2D eigenvalue weighted by atomic mass is 9.69. The van der Waals surface area contributed by atoms with Crippen molar-refractivity contribution in [1.82, 2.24) is 0 Å². The molecule has 0 aromatic rings. The molecule has 2 bridgehead atoms. The predicted octanol–water partition coefficient (Wildman–Crippen LogP) is 2.88. The van der Waals surface area contributed by atoms with E-state index in [0.717, 1.165) is 18.4 Å². The average molecular weight is 259 g/mol. The third-order valence-electron chi connectivity index (χ3n) is 4.42. The van der Waals surface area contributed by atoms with Crippen LogP contribution < -0.4 is 0 Å². The quantitative estimate of drug-likeness (QED) is 0.670. The fourth-order valence-electron chi connectivity index (χ4n) is 3.90. The van der Waals surface area contributed by atoms with Gasteiger partial charge in [-0.15, -0.1) is 0 Å². The molecular weight excluding hydrogens is 247 g/mol. The number of fused-ring (bicyclic) bond motifs is 5. The standard InChI is InChI=1S/C12H12Cl2O2/c13-12(14)9-5-1-2-6(9)11-8(16)4-3-7(15)10(5)11/h5-6,10-11H,1-4H2/t5-,6+,10+,11-. The first-order chi connectivity index (χ1) is 7.61. The zero-order chi connectivity index (χ0) is 11.4. The van der Waals surface area contributed by atoms with Gasteiger partial charge in [0.15, 0.2) is 0 Å². The molecule has 3 rings (SSSR count). The highest BCUT2D eigenvalue weighted by molar-refractivity contribution is 6.56. The Hall–Kier alpha value is -0.340. The largest absolute Gasteiger partial charge is 0.299 e. The van der Waals surface area contributed by atoms with Crippen LogP contribution in [0.2, 0.25) is 0 Å². The van der Waals surface area contributed by atoms with Crippen molar-refractivity contribution >= 4 is 34.8 Å². The number of carbonyl (C=O) groups excluding carboxylic acids is 2. The summed E-state index contributed by atoms with van der Waals surface area (Å²) in [6, 6.07) is 0. The van der Waals surface area contributed by atoms with Crippen molar-refractivity contribution in [2.24, 2.45) is 23.7 Å². The topological polar surface area (TPSA) is 34.1 Å². The maximum atomic E-state index is 11.9. The van der Waals surface area contributed by atoms with Gasteiger partial charge in [-0.2, -0.15) is 0 Å². The molecule has 0 aliphatic heterocycles. The van der Waals surface area contributed by atoms with E-state index in [1.165, 1.54) is 0 Å². The van der Waals surface area contributed by atoms with Gasteiger partial charge in [-0.1, -0.05) is 23.2 Å². The lowest BCUT2D eigenvalue weighted by Crippen LogP contribution is -2.39. The molecule has 3 aliphatic carbocycles. The zero-order valence-corrected chi connectivity index (χ0v) is 10.2. The monoisotopic (exact) mass is 258 g/mol. The van der Waals surface area contributed by atoms with Crippen molar-refractivity contribution in [2.45, 2.75) is 25.7 Å². The highest BCUT2D eigenvalue weighted by Gasteiger charge is 2.58. The molecule has 16 heavy (non-hydrogen) atoms. The van der Waals surface area contributed by atoms with E-state index < -0.39 is 0 Å². The first kappa shape index (κ1) is 10.8. The van der Waals surface area contributed by atoms with E-state index >= 15 is 0 Å². The molecule has 0 aromatic carbocycles. The molecule has 2 nitrogen and oxygen atoms in total. The lowest BCUT2D eigenvalue weighted by molar-refractivity contribution is -0.139. The van der Waals surface area contributed by atoms with Crippen LogP contribution in [-0.2, 0) is 9.59 Å². The predicted molar refractivity (Wildman–Crippen MR) is 61.2 cm³/mol. The maximum absolute atomic E-state index is 11.9. The van der Waals surface area contributed by atoms with Crippen LogP contribution in [0.4, 0.5) is 0 Å². The molecule has 0 spiro atoms. The molecule has 86 valence electrons. The normalized spacial score (nSPS) is 41.5. The van der Waals surface area contributed by atoms with Gasteiger partial charge in [-0.3, -0.25) is 9.59 Å². The SMILES string of the molecule is O=C1CCC(=O)[C@H]2[C@@H]1[C@H]1CC[C@@H]2C1=C(Cl)Cl. The number of allylic oxidation sites excluding steroid dienone is 1. The maximum Gasteiger partial charge on any atom is 0.137 e. The van der Waals surface area contributed by atoms with Crippen LogP contribution in [0.3, 0.4) is 0 Å². The van der Waals surface area contributed by atoms with Gasteiger partial charge >= 0.3 is 0 Å². The Labute approximate surface area is 104 Å². The molecule has 0 amide bonds. The number of hydrogen-bond donors (Lipinski definition) is 0. The Balaban J connectivity index is 2.08. The zero-order valence-electron chi connectivity index (χ0n) is 8.71. The number of hydrogen-bond acceptors (Lipinski definition) is 2. The number of halogens is 2. The van der Waals surface area contributed by atoms with E-state index in [0.29, 0.717) is 17.3 Å². The molecular formula is C12H12Cl2O2. The van der Waals surface area contributed by atoms with Crippen molar-refractivity contribution in [3.63, 3.8) is 0 Å². The Kier molecular flexibility index (Phi) is 2.41. The van der Waals surface area contributed by atoms with Crippen molar-refractivity contribution in [3.05, 3.63) is 10.1 Å². The molecule has 3 aliphatic rings. The molecule has 0 heterocycles. The molecule has 4 heteroatoms. The molecule has 0 radical (unpaired) electrons. The Morgan fingerprint density at radius 2 is 1.38 bits per heavy atom. The van der Waals surface area contributed by atoms with E-state index in [4.69, 9.17) is 23.2 Å². The smallest absolute Gasteiger partial charge is 0.137 e. The van der Waals surface area contributed by atoms with Crippen LogP contribution in [0.5, 0.6) is 0 Å². The summed E-state index contributed by atoms with van der Waals surface area (Å²) in [5, 5.41) is 0. The first-order valence-corrected chi connectivity index (χ1v) is 6.47. The van der Waals surface area contributed by atoms with Gasteiger partial charge < -0.3 is 0 Å². The molecule has 3 saturated carbocycles. The van der Waals surface area contributed by atoms with Gasteiger partial charge in [0.1, 0.15) is 16.1 Å². The van der Waals surface area contributed by atoms with Gasteiger partial charge in [0.05, 0.1) is 0 Å². The summed E-state index contributed by atoms with van der Waals surface area (Å²) in [6.07, 6.45) is 2.75. The summed E-state index contributed by atoms with van der Waals surface area (Å²) < 4.78 is 0.294. The number of ketones is 2.